The van der Waals surface area contributed by atoms with E-state index in [2.05, 4.69) is 120 Å². The van der Waals surface area contributed by atoms with Gasteiger partial charge in [0.1, 0.15) is 74.1 Å². The Labute approximate surface area is 444 Å². The number of nitrogens with zero attached hydrogens (tertiary/aromatic N) is 3. The fraction of sp³-hybridized carbons (Fsp3) is 0.149. The third kappa shape index (κ3) is 11.8. The second kappa shape index (κ2) is 23.3. The Morgan fingerprint density at radius 3 is 1.14 bits per heavy atom. The van der Waals surface area contributed by atoms with Gasteiger partial charge in [-0.05, 0) is 174 Å². The summed E-state index contributed by atoms with van der Waals surface area (Å²) in [5, 5.41) is 2.03. The molecular weight excluding hydrogens is 943 g/mol. The largest absolute Gasteiger partial charge is 0.490 e. The molecule has 0 N–H and O–H groups in total. The van der Waals surface area contributed by atoms with E-state index in [1.165, 1.54) is 0 Å². The summed E-state index contributed by atoms with van der Waals surface area (Å²) in [6, 6.07) is 55.2. The van der Waals surface area contributed by atoms with Gasteiger partial charge in [0.25, 0.3) is 0 Å². The van der Waals surface area contributed by atoms with Crippen LogP contribution in [-0.4, -0.2) is 54.6 Å². The summed E-state index contributed by atoms with van der Waals surface area (Å²) in [5.41, 5.74) is 16.4. The Morgan fingerprint density at radius 1 is 0.342 bits per heavy atom. The highest BCUT2D eigenvalue weighted by Gasteiger charge is 2.15. The van der Waals surface area contributed by atoms with E-state index in [1.807, 2.05) is 97.3 Å². The fourth-order valence-corrected chi connectivity index (χ4v) is 9.60. The molecule has 0 saturated heterocycles. The van der Waals surface area contributed by atoms with Crippen LogP contribution >= 0.6 is 0 Å². The van der Waals surface area contributed by atoms with Gasteiger partial charge in [0.05, 0.1) is 22.4 Å². The number of benzene rings is 7. The van der Waals surface area contributed by atoms with Crippen molar-refractivity contribution in [3.63, 3.8) is 0 Å². The van der Waals surface area contributed by atoms with E-state index >= 15 is 0 Å². The van der Waals surface area contributed by atoms with E-state index in [0.717, 1.165) is 134 Å². The van der Waals surface area contributed by atoms with Gasteiger partial charge in [0, 0.05) is 34.3 Å². The SMILES string of the molecule is C=CCOc1ccc(-c2ccc(OCCOc3cc(C)c(-c4ccc(-c5ccc6ccc7cc(-c8c(C)cc(OCCOc9ccc(-c%10ccc(OCC=C)cc%10)cc9)cc8C)cnc7c6n5)nc4)c(C)c3)cc2)cc1. The van der Waals surface area contributed by atoms with Crippen molar-refractivity contribution in [1.29, 1.82) is 0 Å². The van der Waals surface area contributed by atoms with E-state index in [4.69, 9.17) is 43.4 Å². The summed E-state index contributed by atoms with van der Waals surface area (Å²) in [6.45, 7) is 18.5. The molecule has 0 aliphatic carbocycles. The van der Waals surface area contributed by atoms with Crippen LogP contribution in [-0.2, 0) is 0 Å². The van der Waals surface area contributed by atoms with Gasteiger partial charge in [-0.25, -0.2) is 4.98 Å². The van der Waals surface area contributed by atoms with Crippen molar-refractivity contribution >= 4 is 21.8 Å². The number of hydrogen-bond donors (Lipinski definition) is 0. The van der Waals surface area contributed by atoms with Crippen molar-refractivity contribution in [2.45, 2.75) is 27.7 Å². The molecule has 0 bridgehead atoms. The van der Waals surface area contributed by atoms with Gasteiger partial charge in [-0.2, -0.15) is 0 Å². The van der Waals surface area contributed by atoms with Crippen LogP contribution in [0, 0.1) is 27.7 Å². The lowest BCUT2D eigenvalue weighted by molar-refractivity contribution is 0.217. The topological polar surface area (TPSA) is 94.1 Å². The first-order chi connectivity index (χ1) is 37.2. The molecule has 76 heavy (non-hydrogen) atoms. The molecule has 0 spiro atoms. The summed E-state index contributed by atoms with van der Waals surface area (Å²) in [7, 11) is 0. The first-order valence-electron chi connectivity index (χ1n) is 25.5. The highest BCUT2D eigenvalue weighted by atomic mass is 16.5. The second-order valence-corrected chi connectivity index (χ2v) is 18.6. The first kappa shape index (κ1) is 50.3. The van der Waals surface area contributed by atoms with Crippen LogP contribution in [0.3, 0.4) is 0 Å². The summed E-state index contributed by atoms with van der Waals surface area (Å²) in [6.07, 6.45) is 7.35. The second-order valence-electron chi connectivity index (χ2n) is 18.6. The molecule has 10 rings (SSSR count). The molecule has 0 aliphatic rings. The minimum absolute atomic E-state index is 0.413. The molecular formula is C67H59N3O6. The van der Waals surface area contributed by atoms with Gasteiger partial charge in [-0.3, -0.25) is 9.97 Å². The number of pyridine rings is 3. The number of hydrogen-bond acceptors (Lipinski definition) is 9. The molecule has 9 heteroatoms. The average Bonchev–Trinajstić information content (AvgIpc) is 3.45. The number of fused-ring (bicyclic) bond motifs is 3. The Morgan fingerprint density at radius 2 is 0.711 bits per heavy atom. The maximum Gasteiger partial charge on any atom is 0.122 e. The quantitative estimate of drug-likeness (QED) is 0.0396. The maximum atomic E-state index is 6.18. The van der Waals surface area contributed by atoms with Gasteiger partial charge < -0.3 is 28.4 Å². The van der Waals surface area contributed by atoms with Crippen molar-refractivity contribution in [2.75, 3.05) is 39.6 Å². The molecule has 0 aliphatic heterocycles. The number of ether oxygens (including phenoxy) is 6. The van der Waals surface area contributed by atoms with E-state index in [1.54, 1.807) is 12.2 Å². The van der Waals surface area contributed by atoms with Crippen LogP contribution in [0.4, 0.5) is 0 Å². The van der Waals surface area contributed by atoms with Crippen LogP contribution < -0.4 is 28.4 Å². The van der Waals surface area contributed by atoms with E-state index in [9.17, 15) is 0 Å². The molecule has 378 valence electrons. The van der Waals surface area contributed by atoms with Crippen LogP contribution in [0.1, 0.15) is 22.3 Å². The van der Waals surface area contributed by atoms with Crippen molar-refractivity contribution in [1.82, 2.24) is 15.0 Å². The van der Waals surface area contributed by atoms with Gasteiger partial charge in [-0.15, -0.1) is 0 Å². The molecule has 9 nitrogen and oxygen atoms in total. The fourth-order valence-electron chi connectivity index (χ4n) is 9.60. The first-order valence-corrected chi connectivity index (χ1v) is 25.5. The summed E-state index contributed by atoms with van der Waals surface area (Å²) >= 11 is 0. The molecule has 0 saturated carbocycles. The minimum atomic E-state index is 0.413. The zero-order valence-electron chi connectivity index (χ0n) is 43.3. The van der Waals surface area contributed by atoms with Crippen LogP contribution in [0.2, 0.25) is 0 Å². The molecule has 3 aromatic heterocycles. The normalized spacial score (nSPS) is 11.1. The third-order valence-electron chi connectivity index (χ3n) is 13.2. The Balaban J connectivity index is 0.738. The van der Waals surface area contributed by atoms with E-state index < -0.39 is 0 Å². The average molecular weight is 1000 g/mol. The molecule has 3 heterocycles. The van der Waals surface area contributed by atoms with Gasteiger partial charge in [-0.1, -0.05) is 98.1 Å². The standard InChI is InChI=1S/C67H59N3O6/c1-7-31-71-56-21-11-48(12-22-56)50-15-25-58(26-16-50)73-33-35-75-60-37-44(3)64(45(4)38-60)54-20-29-62(68-42-54)63-30-19-52-9-10-53-41-55(43-69-66(53)67(52)70-63)65-46(5)39-61(40-47(65)6)76-36-34-74-59-27-17-51(18-28-59)49-13-23-57(24-14-49)72-32-8-2/h7-30,37-43H,1-2,31-36H2,3-6H3. The number of rotatable bonds is 21. The summed E-state index contributed by atoms with van der Waals surface area (Å²) in [4.78, 5) is 15.1. The third-order valence-corrected chi connectivity index (χ3v) is 13.2. The summed E-state index contributed by atoms with van der Waals surface area (Å²) < 4.78 is 35.6. The number of aromatic nitrogens is 3. The lowest BCUT2D eigenvalue weighted by atomic mass is 9.95. The Bertz CT molecular complexity index is 3600. The zero-order valence-corrected chi connectivity index (χ0v) is 43.3. The minimum Gasteiger partial charge on any atom is -0.490 e. The van der Waals surface area contributed by atoms with Gasteiger partial charge in [0.2, 0.25) is 0 Å². The predicted octanol–water partition coefficient (Wildman–Crippen LogP) is 15.8. The smallest absolute Gasteiger partial charge is 0.122 e. The van der Waals surface area contributed by atoms with E-state index in [-0.39, 0.29) is 0 Å². The van der Waals surface area contributed by atoms with Crippen LogP contribution in [0.5, 0.6) is 34.5 Å². The highest BCUT2D eigenvalue weighted by molar-refractivity contribution is 6.04. The van der Waals surface area contributed by atoms with Crippen molar-refractivity contribution in [2.24, 2.45) is 0 Å². The molecule has 0 atom stereocenters. The summed E-state index contributed by atoms with van der Waals surface area (Å²) in [5.74, 6) is 4.82. The van der Waals surface area contributed by atoms with Gasteiger partial charge in [0.15, 0.2) is 0 Å². The van der Waals surface area contributed by atoms with Crippen molar-refractivity contribution < 1.29 is 28.4 Å². The monoisotopic (exact) mass is 1000 g/mol. The van der Waals surface area contributed by atoms with Crippen LogP contribution in [0.25, 0.3) is 77.7 Å². The predicted molar refractivity (Wildman–Crippen MR) is 307 cm³/mol. The molecule has 0 amide bonds. The van der Waals surface area contributed by atoms with E-state index in [0.29, 0.717) is 39.6 Å². The highest BCUT2D eigenvalue weighted by Crippen LogP contribution is 2.36. The molecule has 0 unspecified atom stereocenters. The lowest BCUT2D eigenvalue weighted by Gasteiger charge is -2.15. The maximum absolute atomic E-state index is 6.18. The zero-order chi connectivity index (χ0) is 52.4. The number of aryl methyl sites for hydroxylation is 4. The molecule has 0 fully saturated rings. The Hall–Kier alpha value is -9.21. The molecule has 10 aromatic rings. The lowest BCUT2D eigenvalue weighted by Crippen LogP contribution is -2.09. The Kier molecular flexibility index (Phi) is 15.5. The molecule has 7 aromatic carbocycles. The van der Waals surface area contributed by atoms with Crippen molar-refractivity contribution in [3.8, 4) is 90.4 Å². The molecule has 0 radical (unpaired) electrons. The van der Waals surface area contributed by atoms with Gasteiger partial charge >= 0.3 is 0 Å². The van der Waals surface area contributed by atoms with Crippen molar-refractivity contribution in [3.05, 3.63) is 224 Å². The van der Waals surface area contributed by atoms with Crippen LogP contribution in [0.15, 0.2) is 201 Å².